The number of ether oxygens (including phenoxy) is 1. The highest BCUT2D eigenvalue weighted by Crippen LogP contribution is 2.26. The van der Waals surface area contributed by atoms with Gasteiger partial charge in [-0.2, -0.15) is 0 Å². The highest BCUT2D eigenvalue weighted by atomic mass is 16.5. The summed E-state index contributed by atoms with van der Waals surface area (Å²) in [5, 5.41) is 10.3. The molecule has 0 aromatic heterocycles. The molecule has 0 saturated carbocycles. The summed E-state index contributed by atoms with van der Waals surface area (Å²) in [7, 11) is 0. The van der Waals surface area contributed by atoms with Crippen molar-refractivity contribution in [1.29, 1.82) is 0 Å². The van der Waals surface area contributed by atoms with E-state index in [-0.39, 0.29) is 0 Å². The second-order valence-electron chi connectivity index (χ2n) is 5.56. The van der Waals surface area contributed by atoms with Crippen molar-refractivity contribution in [1.82, 2.24) is 0 Å². The normalized spacial score (nSPS) is 19.4. The van der Waals surface area contributed by atoms with Gasteiger partial charge in [0, 0.05) is 13.2 Å². The van der Waals surface area contributed by atoms with Gasteiger partial charge >= 0.3 is 0 Å². The van der Waals surface area contributed by atoms with E-state index in [2.05, 4.69) is 6.92 Å². The van der Waals surface area contributed by atoms with Crippen molar-refractivity contribution in [2.45, 2.75) is 83.2 Å². The zero-order valence-electron chi connectivity index (χ0n) is 11.5. The first-order valence-electron chi connectivity index (χ1n) is 7.57. The van der Waals surface area contributed by atoms with Crippen LogP contribution in [0.2, 0.25) is 0 Å². The van der Waals surface area contributed by atoms with E-state index in [1.54, 1.807) is 0 Å². The maximum atomic E-state index is 10.3. The minimum absolute atomic E-state index is 0.402. The van der Waals surface area contributed by atoms with E-state index in [0.717, 1.165) is 32.5 Å². The van der Waals surface area contributed by atoms with E-state index in [9.17, 15) is 5.11 Å². The number of hydrogen-bond acceptors (Lipinski definition) is 2. The van der Waals surface area contributed by atoms with Crippen LogP contribution in [0, 0.1) is 0 Å². The third kappa shape index (κ3) is 7.05. The molecule has 1 aliphatic heterocycles. The third-order valence-corrected chi connectivity index (χ3v) is 3.92. The molecule has 0 radical (unpaired) electrons. The molecular weight excluding hydrogens is 212 g/mol. The Bertz CT molecular complexity index is 174. The SMILES string of the molecule is CCCCCCCCCCC1(O)CCOCC1. The fraction of sp³-hybridized carbons (Fsp3) is 1.00. The average molecular weight is 242 g/mol. The minimum atomic E-state index is -0.402. The molecule has 1 N–H and O–H groups in total. The summed E-state index contributed by atoms with van der Waals surface area (Å²) in [5.74, 6) is 0. The van der Waals surface area contributed by atoms with Crippen LogP contribution in [0.25, 0.3) is 0 Å². The highest BCUT2D eigenvalue weighted by molar-refractivity contribution is 4.80. The lowest BCUT2D eigenvalue weighted by Crippen LogP contribution is -2.35. The molecule has 1 fully saturated rings. The van der Waals surface area contributed by atoms with Crippen molar-refractivity contribution < 1.29 is 9.84 Å². The van der Waals surface area contributed by atoms with Gasteiger partial charge in [-0.15, -0.1) is 0 Å². The zero-order chi connectivity index (χ0) is 12.4. The van der Waals surface area contributed by atoms with Gasteiger partial charge in [0.1, 0.15) is 0 Å². The summed E-state index contributed by atoms with van der Waals surface area (Å²) >= 11 is 0. The fourth-order valence-corrected chi connectivity index (χ4v) is 2.59. The van der Waals surface area contributed by atoms with E-state index in [0.29, 0.717) is 0 Å². The van der Waals surface area contributed by atoms with Crippen molar-refractivity contribution in [3.63, 3.8) is 0 Å². The van der Waals surface area contributed by atoms with Crippen molar-refractivity contribution in [3.8, 4) is 0 Å². The van der Waals surface area contributed by atoms with Crippen LogP contribution in [-0.2, 0) is 4.74 Å². The molecule has 1 heterocycles. The predicted octanol–water partition coefficient (Wildman–Crippen LogP) is 4.06. The average Bonchev–Trinajstić information content (AvgIpc) is 2.33. The van der Waals surface area contributed by atoms with Crippen LogP contribution in [0.5, 0.6) is 0 Å². The third-order valence-electron chi connectivity index (χ3n) is 3.92. The molecule has 0 amide bonds. The van der Waals surface area contributed by atoms with Crippen LogP contribution in [0.15, 0.2) is 0 Å². The van der Waals surface area contributed by atoms with Crippen LogP contribution in [0.1, 0.15) is 77.6 Å². The first-order chi connectivity index (χ1) is 8.27. The lowest BCUT2D eigenvalue weighted by atomic mass is 9.88. The fourth-order valence-electron chi connectivity index (χ4n) is 2.59. The monoisotopic (exact) mass is 242 g/mol. The van der Waals surface area contributed by atoms with Gasteiger partial charge in [-0.25, -0.2) is 0 Å². The van der Waals surface area contributed by atoms with Crippen LogP contribution >= 0.6 is 0 Å². The molecule has 0 spiro atoms. The van der Waals surface area contributed by atoms with E-state index in [4.69, 9.17) is 4.74 Å². The summed E-state index contributed by atoms with van der Waals surface area (Å²) < 4.78 is 5.29. The van der Waals surface area contributed by atoms with Gasteiger partial charge in [0.05, 0.1) is 5.60 Å². The Hall–Kier alpha value is -0.0800. The summed E-state index contributed by atoms with van der Waals surface area (Å²) in [5.41, 5.74) is -0.402. The molecule has 0 aromatic carbocycles. The van der Waals surface area contributed by atoms with Crippen LogP contribution in [0.3, 0.4) is 0 Å². The summed E-state index contributed by atoms with van der Waals surface area (Å²) in [6, 6.07) is 0. The second-order valence-corrected chi connectivity index (χ2v) is 5.56. The Kier molecular flexibility index (Phi) is 7.87. The summed E-state index contributed by atoms with van der Waals surface area (Å²) in [6.07, 6.45) is 13.4. The highest BCUT2D eigenvalue weighted by Gasteiger charge is 2.28. The lowest BCUT2D eigenvalue weighted by molar-refractivity contribution is -0.0690. The first-order valence-corrected chi connectivity index (χ1v) is 7.57. The van der Waals surface area contributed by atoms with E-state index >= 15 is 0 Å². The minimum Gasteiger partial charge on any atom is -0.390 e. The van der Waals surface area contributed by atoms with E-state index < -0.39 is 5.60 Å². The van der Waals surface area contributed by atoms with Crippen molar-refractivity contribution >= 4 is 0 Å². The van der Waals surface area contributed by atoms with Crippen molar-refractivity contribution in [2.24, 2.45) is 0 Å². The van der Waals surface area contributed by atoms with Crippen molar-refractivity contribution in [2.75, 3.05) is 13.2 Å². The Labute approximate surface area is 107 Å². The largest absolute Gasteiger partial charge is 0.390 e. The molecular formula is C15H30O2. The smallest absolute Gasteiger partial charge is 0.0691 e. The number of rotatable bonds is 9. The molecule has 2 nitrogen and oxygen atoms in total. The van der Waals surface area contributed by atoms with Crippen LogP contribution in [0.4, 0.5) is 0 Å². The van der Waals surface area contributed by atoms with Gasteiger partial charge in [0.2, 0.25) is 0 Å². The molecule has 1 saturated heterocycles. The number of unbranched alkanes of at least 4 members (excludes halogenated alkanes) is 7. The molecule has 0 unspecified atom stereocenters. The van der Waals surface area contributed by atoms with Crippen molar-refractivity contribution in [3.05, 3.63) is 0 Å². The summed E-state index contributed by atoms with van der Waals surface area (Å²) in [6.45, 7) is 3.75. The predicted molar refractivity (Wildman–Crippen MR) is 72.2 cm³/mol. The van der Waals surface area contributed by atoms with Crippen LogP contribution < -0.4 is 0 Å². The van der Waals surface area contributed by atoms with Crippen LogP contribution in [-0.4, -0.2) is 23.9 Å². The Morgan fingerprint density at radius 3 is 2.00 bits per heavy atom. The molecule has 17 heavy (non-hydrogen) atoms. The van der Waals surface area contributed by atoms with Gasteiger partial charge in [0.15, 0.2) is 0 Å². The molecule has 102 valence electrons. The van der Waals surface area contributed by atoms with Gasteiger partial charge in [-0.05, 0) is 19.3 Å². The van der Waals surface area contributed by atoms with Gasteiger partial charge < -0.3 is 9.84 Å². The van der Waals surface area contributed by atoms with E-state index in [1.807, 2.05) is 0 Å². The van der Waals surface area contributed by atoms with Gasteiger partial charge in [0.25, 0.3) is 0 Å². The summed E-state index contributed by atoms with van der Waals surface area (Å²) in [4.78, 5) is 0. The second kappa shape index (κ2) is 8.93. The Balaban J connectivity index is 1.89. The Morgan fingerprint density at radius 2 is 1.41 bits per heavy atom. The number of hydrogen-bond donors (Lipinski definition) is 1. The quantitative estimate of drug-likeness (QED) is 0.618. The van der Waals surface area contributed by atoms with Gasteiger partial charge in [-0.1, -0.05) is 58.3 Å². The number of aliphatic hydroxyl groups is 1. The molecule has 0 atom stereocenters. The topological polar surface area (TPSA) is 29.5 Å². The molecule has 0 bridgehead atoms. The standard InChI is InChI=1S/C15H30O2/c1-2-3-4-5-6-7-8-9-10-15(16)11-13-17-14-12-15/h16H,2-14H2,1H3. The Morgan fingerprint density at radius 1 is 0.882 bits per heavy atom. The molecule has 2 heteroatoms. The first kappa shape index (κ1) is 15.0. The van der Waals surface area contributed by atoms with E-state index in [1.165, 1.54) is 51.4 Å². The molecule has 0 aliphatic carbocycles. The maximum absolute atomic E-state index is 10.3. The molecule has 0 aromatic rings. The zero-order valence-corrected chi connectivity index (χ0v) is 11.5. The molecule has 1 rings (SSSR count). The molecule has 1 aliphatic rings. The lowest BCUT2D eigenvalue weighted by Gasteiger charge is -2.32. The maximum Gasteiger partial charge on any atom is 0.0691 e. The van der Waals surface area contributed by atoms with Gasteiger partial charge in [-0.3, -0.25) is 0 Å².